The van der Waals surface area contributed by atoms with E-state index in [1.807, 2.05) is 11.8 Å². The van der Waals surface area contributed by atoms with Gasteiger partial charge in [0.2, 0.25) is 0 Å². The van der Waals surface area contributed by atoms with Crippen molar-refractivity contribution in [2.24, 2.45) is 0 Å². The Morgan fingerprint density at radius 2 is 2.15 bits per heavy atom. The lowest BCUT2D eigenvalue weighted by atomic mass is 10.1. The van der Waals surface area contributed by atoms with Gasteiger partial charge in [-0.3, -0.25) is 4.90 Å². The topological polar surface area (TPSA) is 15.3 Å². The Labute approximate surface area is 85.4 Å². The number of rotatable bonds is 3. The molecule has 2 bridgehead atoms. The molecule has 0 saturated carbocycles. The molecule has 1 N–H and O–H groups in total. The predicted octanol–water partition coefficient (Wildman–Crippen LogP) is 1.18. The molecule has 2 saturated heterocycles. The van der Waals surface area contributed by atoms with Crippen LogP contribution < -0.4 is 5.32 Å². The van der Waals surface area contributed by atoms with Gasteiger partial charge in [-0.05, 0) is 32.1 Å². The highest BCUT2D eigenvalue weighted by Crippen LogP contribution is 2.27. The summed E-state index contributed by atoms with van der Waals surface area (Å²) in [6.07, 6.45) is 6.44. The zero-order chi connectivity index (χ0) is 9.10. The number of nitrogens with zero attached hydrogens (tertiary/aromatic N) is 1. The molecule has 0 amide bonds. The third-order valence-corrected chi connectivity index (χ3v) is 3.95. The molecule has 2 atom stereocenters. The Hall–Kier alpha value is 0.270. The van der Waals surface area contributed by atoms with Gasteiger partial charge in [0.25, 0.3) is 0 Å². The molecule has 2 heterocycles. The summed E-state index contributed by atoms with van der Waals surface area (Å²) < 4.78 is 0. The molecule has 76 valence electrons. The van der Waals surface area contributed by atoms with E-state index in [1.54, 1.807) is 0 Å². The van der Waals surface area contributed by atoms with Crippen LogP contribution in [-0.2, 0) is 0 Å². The van der Waals surface area contributed by atoms with Gasteiger partial charge in [-0.1, -0.05) is 0 Å². The maximum absolute atomic E-state index is 3.54. The molecule has 3 heteroatoms. The third-order valence-electron chi connectivity index (χ3n) is 3.36. The standard InChI is InChI=1S/C10H20N2S/c1-13-7-6-12-9-2-3-10(12)8-11-5-4-9/h9-11H,2-8H2,1H3. The summed E-state index contributed by atoms with van der Waals surface area (Å²) in [4.78, 5) is 2.75. The molecule has 0 aromatic heterocycles. The van der Waals surface area contributed by atoms with Gasteiger partial charge in [-0.15, -0.1) is 0 Å². The molecular formula is C10H20N2S. The van der Waals surface area contributed by atoms with E-state index in [9.17, 15) is 0 Å². The highest BCUT2D eigenvalue weighted by Gasteiger charge is 2.33. The number of thioether (sulfide) groups is 1. The summed E-state index contributed by atoms with van der Waals surface area (Å²) in [6, 6.07) is 1.74. The zero-order valence-corrected chi connectivity index (χ0v) is 9.28. The highest BCUT2D eigenvalue weighted by molar-refractivity contribution is 7.98. The molecule has 2 aliphatic rings. The first-order valence-electron chi connectivity index (χ1n) is 5.37. The second-order valence-electron chi connectivity index (χ2n) is 4.11. The van der Waals surface area contributed by atoms with Crippen molar-refractivity contribution >= 4 is 11.8 Å². The summed E-state index contributed by atoms with van der Waals surface area (Å²) in [5.74, 6) is 1.30. The number of hydrogen-bond donors (Lipinski definition) is 1. The van der Waals surface area contributed by atoms with E-state index in [0.29, 0.717) is 0 Å². The zero-order valence-electron chi connectivity index (χ0n) is 8.46. The average Bonchev–Trinajstić information content (AvgIpc) is 2.36. The van der Waals surface area contributed by atoms with Gasteiger partial charge in [-0.25, -0.2) is 0 Å². The van der Waals surface area contributed by atoms with Gasteiger partial charge in [-0.2, -0.15) is 11.8 Å². The molecule has 2 rings (SSSR count). The molecule has 2 fully saturated rings. The van der Waals surface area contributed by atoms with Crippen molar-refractivity contribution in [1.29, 1.82) is 0 Å². The van der Waals surface area contributed by atoms with Gasteiger partial charge < -0.3 is 5.32 Å². The Morgan fingerprint density at radius 3 is 3.00 bits per heavy atom. The van der Waals surface area contributed by atoms with Crippen LogP contribution in [0.2, 0.25) is 0 Å². The fourth-order valence-corrected chi connectivity index (χ4v) is 3.04. The normalized spacial score (nSPS) is 34.8. The molecule has 0 spiro atoms. The Kier molecular flexibility index (Phi) is 3.52. The Morgan fingerprint density at radius 1 is 1.31 bits per heavy atom. The third kappa shape index (κ3) is 2.20. The molecular weight excluding hydrogens is 180 g/mol. The number of nitrogens with one attached hydrogen (secondary N) is 1. The van der Waals surface area contributed by atoms with Crippen LogP contribution in [-0.4, -0.2) is 48.6 Å². The summed E-state index contributed by atoms with van der Waals surface area (Å²) in [7, 11) is 0. The van der Waals surface area contributed by atoms with Gasteiger partial charge in [0.15, 0.2) is 0 Å². The predicted molar refractivity (Wildman–Crippen MR) is 59.4 cm³/mol. The fraction of sp³-hybridized carbons (Fsp3) is 1.00. The molecule has 13 heavy (non-hydrogen) atoms. The number of hydrogen-bond acceptors (Lipinski definition) is 3. The first-order chi connectivity index (χ1) is 6.42. The van der Waals surface area contributed by atoms with Crippen molar-refractivity contribution in [2.75, 3.05) is 31.6 Å². The molecule has 2 nitrogen and oxygen atoms in total. The first-order valence-corrected chi connectivity index (χ1v) is 6.76. The molecule has 0 aromatic carbocycles. The van der Waals surface area contributed by atoms with E-state index in [4.69, 9.17) is 0 Å². The van der Waals surface area contributed by atoms with Crippen LogP contribution in [0.15, 0.2) is 0 Å². The lowest BCUT2D eigenvalue weighted by Gasteiger charge is -2.26. The smallest absolute Gasteiger partial charge is 0.0224 e. The van der Waals surface area contributed by atoms with Crippen molar-refractivity contribution < 1.29 is 0 Å². The van der Waals surface area contributed by atoms with Gasteiger partial charge >= 0.3 is 0 Å². The molecule has 0 aromatic rings. The second-order valence-corrected chi connectivity index (χ2v) is 5.09. The van der Waals surface area contributed by atoms with E-state index in [-0.39, 0.29) is 0 Å². The average molecular weight is 200 g/mol. The minimum Gasteiger partial charge on any atom is -0.315 e. The monoisotopic (exact) mass is 200 g/mol. The molecule has 2 aliphatic heterocycles. The van der Waals surface area contributed by atoms with Crippen molar-refractivity contribution in [3.8, 4) is 0 Å². The Bertz CT molecular complexity index is 149. The molecule has 2 unspecified atom stereocenters. The molecule has 0 aliphatic carbocycles. The minimum atomic E-state index is 0.847. The SMILES string of the molecule is CSCCN1C2CCNCC1CC2. The van der Waals surface area contributed by atoms with Crippen LogP contribution in [0.3, 0.4) is 0 Å². The maximum Gasteiger partial charge on any atom is 0.0224 e. The molecule has 0 radical (unpaired) electrons. The fourth-order valence-electron chi connectivity index (χ4n) is 2.64. The van der Waals surface area contributed by atoms with Crippen molar-refractivity contribution in [2.45, 2.75) is 31.3 Å². The van der Waals surface area contributed by atoms with Gasteiger partial charge in [0, 0.05) is 30.9 Å². The lowest BCUT2D eigenvalue weighted by Crippen LogP contribution is -2.39. The van der Waals surface area contributed by atoms with Crippen molar-refractivity contribution in [3.63, 3.8) is 0 Å². The van der Waals surface area contributed by atoms with E-state index in [0.717, 1.165) is 12.1 Å². The van der Waals surface area contributed by atoms with Crippen LogP contribution in [0.1, 0.15) is 19.3 Å². The van der Waals surface area contributed by atoms with Crippen LogP contribution in [0.25, 0.3) is 0 Å². The Balaban J connectivity index is 1.91. The maximum atomic E-state index is 3.54. The van der Waals surface area contributed by atoms with E-state index in [2.05, 4.69) is 16.5 Å². The van der Waals surface area contributed by atoms with Crippen LogP contribution in [0.4, 0.5) is 0 Å². The summed E-state index contributed by atoms with van der Waals surface area (Å²) in [5.41, 5.74) is 0. The van der Waals surface area contributed by atoms with Crippen LogP contribution in [0.5, 0.6) is 0 Å². The van der Waals surface area contributed by atoms with Gasteiger partial charge in [0.05, 0.1) is 0 Å². The van der Waals surface area contributed by atoms with Crippen molar-refractivity contribution in [3.05, 3.63) is 0 Å². The van der Waals surface area contributed by atoms with E-state index in [1.165, 1.54) is 44.6 Å². The van der Waals surface area contributed by atoms with Crippen LogP contribution in [0, 0.1) is 0 Å². The summed E-state index contributed by atoms with van der Waals surface area (Å²) in [6.45, 7) is 3.76. The lowest BCUT2D eigenvalue weighted by molar-refractivity contribution is 0.216. The van der Waals surface area contributed by atoms with Crippen LogP contribution >= 0.6 is 11.8 Å². The summed E-state index contributed by atoms with van der Waals surface area (Å²) >= 11 is 1.97. The second kappa shape index (κ2) is 4.67. The minimum absolute atomic E-state index is 0.847. The largest absolute Gasteiger partial charge is 0.315 e. The van der Waals surface area contributed by atoms with E-state index < -0.39 is 0 Å². The summed E-state index contributed by atoms with van der Waals surface area (Å²) in [5, 5.41) is 3.54. The van der Waals surface area contributed by atoms with Gasteiger partial charge in [0.1, 0.15) is 0 Å². The van der Waals surface area contributed by atoms with Crippen molar-refractivity contribution in [1.82, 2.24) is 10.2 Å². The van der Waals surface area contributed by atoms with E-state index >= 15 is 0 Å². The number of fused-ring (bicyclic) bond motifs is 2. The quantitative estimate of drug-likeness (QED) is 0.736. The highest BCUT2D eigenvalue weighted by atomic mass is 32.2. The first kappa shape index (κ1) is 9.81.